The highest BCUT2D eigenvalue weighted by Crippen LogP contribution is 2.41. The summed E-state index contributed by atoms with van der Waals surface area (Å²) in [6.07, 6.45) is 3.59. The summed E-state index contributed by atoms with van der Waals surface area (Å²) in [5.41, 5.74) is 7.07. The van der Waals surface area contributed by atoms with Crippen LogP contribution in [0.5, 0.6) is 0 Å². The molecule has 0 atom stereocenters. The van der Waals surface area contributed by atoms with E-state index < -0.39 is 0 Å². The van der Waals surface area contributed by atoms with E-state index >= 15 is 0 Å². The fraction of sp³-hybridized carbons (Fsp3) is 0.154. The number of nitrogens with zero attached hydrogens (tertiary/aromatic N) is 4. The quantitative estimate of drug-likeness (QED) is 0.233. The van der Waals surface area contributed by atoms with E-state index in [1.54, 1.807) is 12.4 Å². The topological polar surface area (TPSA) is 74.6 Å². The molecule has 0 spiro atoms. The second-order valence-electron chi connectivity index (χ2n) is 9.07. The fourth-order valence-corrected chi connectivity index (χ4v) is 4.52. The van der Waals surface area contributed by atoms with Crippen LogP contribution >= 0.6 is 0 Å². The number of hydrogen-bond donors (Lipinski definition) is 2. The third-order valence-corrected chi connectivity index (χ3v) is 5.97. The van der Waals surface area contributed by atoms with E-state index in [9.17, 15) is 0 Å². The zero-order chi connectivity index (χ0) is 22.0. The van der Waals surface area contributed by atoms with Gasteiger partial charge in [-0.25, -0.2) is 9.83 Å². The van der Waals surface area contributed by atoms with Crippen LogP contribution in [0.2, 0.25) is 0 Å². The summed E-state index contributed by atoms with van der Waals surface area (Å²) in [5, 5.41) is 2.95. The maximum atomic E-state index is 7.47. The van der Waals surface area contributed by atoms with Gasteiger partial charge >= 0.3 is 0 Å². The second-order valence-corrected chi connectivity index (χ2v) is 9.07. The van der Waals surface area contributed by atoms with E-state index in [2.05, 4.69) is 51.6 Å². The molecule has 0 saturated heterocycles. The predicted molar refractivity (Wildman–Crippen MR) is 129 cm³/mol. The van der Waals surface area contributed by atoms with Crippen molar-refractivity contribution in [3.05, 3.63) is 72.0 Å². The highest BCUT2D eigenvalue weighted by molar-refractivity contribution is 6.21. The number of H-pyrrole nitrogens is 2. The minimum Gasteiger partial charge on any atom is -0.357 e. The minimum atomic E-state index is -0.140. The molecule has 6 nitrogen and oxygen atoms in total. The molecule has 6 heteroatoms. The monoisotopic (exact) mass is 416 g/mol. The Balaban J connectivity index is 1.78. The number of nitrogens with one attached hydrogen (secondary N) is 2. The van der Waals surface area contributed by atoms with Crippen LogP contribution in [0, 0.1) is 6.57 Å². The Morgan fingerprint density at radius 3 is 2.28 bits per heavy atom. The van der Waals surface area contributed by atoms with Gasteiger partial charge in [0.05, 0.1) is 28.6 Å². The van der Waals surface area contributed by atoms with Crippen LogP contribution in [0.4, 0.5) is 5.69 Å². The van der Waals surface area contributed by atoms with Gasteiger partial charge in [-0.15, -0.1) is 0 Å². The number of fused-ring (bicyclic) bond motifs is 7. The first-order valence-corrected chi connectivity index (χ1v) is 10.5. The average Bonchev–Trinajstić information content (AvgIpc) is 3.40. The molecule has 154 valence electrons. The van der Waals surface area contributed by atoms with Gasteiger partial charge in [0.1, 0.15) is 5.82 Å². The van der Waals surface area contributed by atoms with E-state index in [1.165, 1.54) is 0 Å². The molecule has 0 aliphatic carbocycles. The smallest absolute Gasteiger partial charge is 0.188 e. The Bertz CT molecular complexity index is 1650. The van der Waals surface area contributed by atoms with Crippen LogP contribution in [-0.4, -0.2) is 24.9 Å². The van der Waals surface area contributed by atoms with Crippen molar-refractivity contribution in [3.63, 3.8) is 0 Å². The molecule has 2 aromatic carbocycles. The summed E-state index contributed by atoms with van der Waals surface area (Å²) in [6.45, 7) is 14.0. The van der Waals surface area contributed by atoms with Gasteiger partial charge in [-0.1, -0.05) is 26.8 Å². The molecule has 0 aliphatic heterocycles. The van der Waals surface area contributed by atoms with E-state index in [0.29, 0.717) is 5.69 Å². The molecule has 0 saturated carbocycles. The molecule has 0 radical (unpaired) electrons. The normalized spacial score (nSPS) is 12.2. The van der Waals surface area contributed by atoms with Gasteiger partial charge in [0.15, 0.2) is 5.69 Å². The Morgan fingerprint density at radius 1 is 0.844 bits per heavy atom. The highest BCUT2D eigenvalue weighted by atomic mass is 14.9. The van der Waals surface area contributed by atoms with Crippen LogP contribution in [0.15, 0.2) is 54.9 Å². The summed E-state index contributed by atoms with van der Waals surface area (Å²) in [4.78, 5) is 25.1. The van der Waals surface area contributed by atoms with Crippen molar-refractivity contribution in [1.82, 2.24) is 24.9 Å². The van der Waals surface area contributed by atoms with E-state index in [-0.39, 0.29) is 5.41 Å². The van der Waals surface area contributed by atoms with Crippen LogP contribution in [-0.2, 0) is 5.41 Å². The van der Waals surface area contributed by atoms with Crippen LogP contribution in [0.25, 0.3) is 60.0 Å². The van der Waals surface area contributed by atoms with Gasteiger partial charge in [0, 0.05) is 50.7 Å². The molecular weight excluding hydrogens is 396 g/mol. The van der Waals surface area contributed by atoms with Crippen molar-refractivity contribution in [1.29, 1.82) is 0 Å². The lowest BCUT2D eigenvalue weighted by molar-refractivity contribution is 0.575. The Kier molecular flexibility index (Phi) is 3.69. The van der Waals surface area contributed by atoms with Crippen molar-refractivity contribution >= 4 is 49.4 Å². The minimum absolute atomic E-state index is 0.140. The summed E-state index contributed by atoms with van der Waals surface area (Å²) in [5.74, 6) is 0.778. The number of aromatic amines is 2. The fourth-order valence-electron chi connectivity index (χ4n) is 4.52. The zero-order valence-electron chi connectivity index (χ0n) is 18.0. The number of rotatable bonds is 1. The molecule has 0 aliphatic rings. The molecule has 6 rings (SSSR count). The first kappa shape index (κ1) is 18.5. The van der Waals surface area contributed by atoms with Crippen LogP contribution in [0.1, 0.15) is 26.5 Å². The molecule has 4 heterocycles. The SMILES string of the molecule is [C-]#[N+]c1ccc2[nH]c(C(C)(C)C)c(-c3nc4c5cccnc5c5ncccc5c4[nH]3)c2c1. The molecule has 0 amide bonds. The summed E-state index contributed by atoms with van der Waals surface area (Å²) >= 11 is 0. The predicted octanol–water partition coefficient (Wildman–Crippen LogP) is 6.66. The molecular formula is C26H20N6. The average molecular weight is 416 g/mol. The standard InChI is InChI=1S/C26H20N6/c1-26(2,3)24-19(17-13-14(27-4)9-10-18(17)30-24)25-31-22-15-7-5-11-28-20(15)21-16(23(22)32-25)8-6-12-29-21/h5-13,30H,1-3H3,(H,31,32). The van der Waals surface area contributed by atoms with Gasteiger partial charge in [-0.05, 0) is 36.4 Å². The molecule has 0 fully saturated rings. The Morgan fingerprint density at radius 2 is 1.56 bits per heavy atom. The third-order valence-electron chi connectivity index (χ3n) is 5.97. The van der Waals surface area contributed by atoms with Gasteiger partial charge in [-0.2, -0.15) is 0 Å². The van der Waals surface area contributed by atoms with Gasteiger partial charge in [-0.3, -0.25) is 9.97 Å². The molecule has 0 unspecified atom stereocenters. The summed E-state index contributed by atoms with van der Waals surface area (Å²) in [6, 6.07) is 13.7. The lowest BCUT2D eigenvalue weighted by Gasteiger charge is -2.18. The lowest BCUT2D eigenvalue weighted by atomic mass is 9.88. The summed E-state index contributed by atoms with van der Waals surface area (Å²) in [7, 11) is 0. The highest BCUT2D eigenvalue weighted by Gasteiger charge is 2.26. The van der Waals surface area contributed by atoms with Crippen molar-refractivity contribution in [2.75, 3.05) is 0 Å². The number of benzene rings is 2. The number of imidazole rings is 1. The van der Waals surface area contributed by atoms with Crippen molar-refractivity contribution in [2.24, 2.45) is 0 Å². The largest absolute Gasteiger partial charge is 0.357 e. The number of aromatic nitrogens is 5. The lowest BCUT2D eigenvalue weighted by Crippen LogP contribution is -2.13. The maximum absolute atomic E-state index is 7.47. The van der Waals surface area contributed by atoms with Crippen LogP contribution < -0.4 is 0 Å². The Labute approximate surface area is 184 Å². The van der Waals surface area contributed by atoms with Crippen molar-refractivity contribution < 1.29 is 0 Å². The molecule has 6 aromatic rings. The van der Waals surface area contributed by atoms with Crippen molar-refractivity contribution in [3.8, 4) is 11.4 Å². The maximum Gasteiger partial charge on any atom is 0.188 e. The first-order valence-electron chi connectivity index (χ1n) is 10.5. The third kappa shape index (κ3) is 2.55. The van der Waals surface area contributed by atoms with Crippen LogP contribution in [0.3, 0.4) is 0 Å². The molecule has 2 N–H and O–H groups in total. The number of pyridine rings is 2. The van der Waals surface area contributed by atoms with E-state index in [0.717, 1.165) is 60.8 Å². The van der Waals surface area contributed by atoms with E-state index in [1.807, 2.05) is 36.4 Å². The van der Waals surface area contributed by atoms with Gasteiger partial charge in [0.2, 0.25) is 0 Å². The van der Waals surface area contributed by atoms with E-state index in [4.69, 9.17) is 11.6 Å². The van der Waals surface area contributed by atoms with Gasteiger partial charge < -0.3 is 9.97 Å². The molecule has 4 aromatic heterocycles. The first-order chi connectivity index (χ1) is 15.5. The summed E-state index contributed by atoms with van der Waals surface area (Å²) < 4.78 is 0. The molecule has 0 bridgehead atoms. The Hall–Kier alpha value is -4.24. The number of hydrogen-bond acceptors (Lipinski definition) is 3. The zero-order valence-corrected chi connectivity index (χ0v) is 18.0. The van der Waals surface area contributed by atoms with Gasteiger partial charge in [0.25, 0.3) is 0 Å². The molecule has 32 heavy (non-hydrogen) atoms. The second kappa shape index (κ2) is 6.38. The van der Waals surface area contributed by atoms with Crippen molar-refractivity contribution in [2.45, 2.75) is 26.2 Å².